The molecular weight excluding hydrogens is 114 g/mol. The van der Waals surface area contributed by atoms with Crippen molar-refractivity contribution in [3.8, 4) is 0 Å². The SMILES string of the molecule is CC(=O)C1=C[C]NCC1. The van der Waals surface area contributed by atoms with Gasteiger partial charge in [0.25, 0.3) is 0 Å². The highest BCUT2D eigenvalue weighted by Gasteiger charge is 2.06. The second kappa shape index (κ2) is 2.78. The van der Waals surface area contributed by atoms with Gasteiger partial charge in [0, 0.05) is 6.54 Å². The average molecular weight is 123 g/mol. The first-order chi connectivity index (χ1) is 4.30. The van der Waals surface area contributed by atoms with Gasteiger partial charge in [-0.05, 0) is 18.9 Å². The van der Waals surface area contributed by atoms with Crippen LogP contribution in [0.15, 0.2) is 11.6 Å². The molecule has 1 N–H and O–H groups in total. The van der Waals surface area contributed by atoms with Crippen molar-refractivity contribution >= 4 is 5.78 Å². The number of Topliss-reactive ketones (excluding diaryl/α,β-unsaturated/α-hetero) is 1. The van der Waals surface area contributed by atoms with E-state index in [4.69, 9.17) is 0 Å². The van der Waals surface area contributed by atoms with E-state index in [0.29, 0.717) is 0 Å². The highest BCUT2D eigenvalue weighted by Crippen LogP contribution is 2.05. The quantitative estimate of drug-likeness (QED) is 0.551. The molecular formula is C7H9NO. The zero-order valence-electron chi connectivity index (χ0n) is 5.40. The molecule has 0 aromatic rings. The second-order valence-electron chi connectivity index (χ2n) is 2.05. The summed E-state index contributed by atoms with van der Waals surface area (Å²) in [6.45, 7) is 5.20. The highest BCUT2D eigenvalue weighted by atomic mass is 16.1. The van der Waals surface area contributed by atoms with Crippen LogP contribution < -0.4 is 5.32 Å². The Kier molecular flexibility index (Phi) is 2.01. The Morgan fingerprint density at radius 2 is 2.67 bits per heavy atom. The van der Waals surface area contributed by atoms with Crippen LogP contribution in [0.5, 0.6) is 0 Å². The summed E-state index contributed by atoms with van der Waals surface area (Å²) in [5, 5.41) is 2.89. The van der Waals surface area contributed by atoms with Crippen LogP contribution in [0, 0.1) is 6.54 Å². The Balaban J connectivity index is 2.57. The van der Waals surface area contributed by atoms with Gasteiger partial charge in [0.2, 0.25) is 0 Å². The number of carbonyl (C=O) groups is 1. The van der Waals surface area contributed by atoms with Crippen LogP contribution >= 0.6 is 0 Å². The second-order valence-corrected chi connectivity index (χ2v) is 2.05. The lowest BCUT2D eigenvalue weighted by Crippen LogP contribution is -2.18. The van der Waals surface area contributed by atoms with E-state index < -0.39 is 0 Å². The summed E-state index contributed by atoms with van der Waals surface area (Å²) in [7, 11) is 0. The van der Waals surface area contributed by atoms with Gasteiger partial charge in [-0.3, -0.25) is 4.79 Å². The third-order valence-corrected chi connectivity index (χ3v) is 1.32. The largest absolute Gasteiger partial charge is 0.304 e. The Hall–Kier alpha value is -0.630. The maximum absolute atomic E-state index is 10.7. The van der Waals surface area contributed by atoms with Gasteiger partial charge >= 0.3 is 0 Å². The van der Waals surface area contributed by atoms with Gasteiger partial charge in [0.1, 0.15) is 0 Å². The zero-order chi connectivity index (χ0) is 6.69. The molecule has 2 heteroatoms. The highest BCUT2D eigenvalue weighted by molar-refractivity contribution is 5.93. The van der Waals surface area contributed by atoms with Crippen LogP contribution in [-0.2, 0) is 4.79 Å². The minimum atomic E-state index is 0.156. The van der Waals surface area contributed by atoms with Crippen LogP contribution in [0.2, 0.25) is 0 Å². The Labute approximate surface area is 54.9 Å². The first-order valence-electron chi connectivity index (χ1n) is 2.99. The number of ketones is 1. The van der Waals surface area contributed by atoms with E-state index in [2.05, 4.69) is 11.9 Å². The summed E-state index contributed by atoms with van der Waals surface area (Å²) >= 11 is 0. The molecule has 48 valence electrons. The number of hydrogen-bond acceptors (Lipinski definition) is 2. The summed E-state index contributed by atoms with van der Waals surface area (Å²) in [6, 6.07) is 0. The van der Waals surface area contributed by atoms with Gasteiger partial charge in [-0.15, -0.1) is 0 Å². The van der Waals surface area contributed by atoms with Gasteiger partial charge in [0.05, 0.1) is 6.54 Å². The van der Waals surface area contributed by atoms with Crippen LogP contribution in [-0.4, -0.2) is 12.3 Å². The molecule has 2 radical (unpaired) electrons. The van der Waals surface area contributed by atoms with E-state index in [1.165, 1.54) is 0 Å². The summed E-state index contributed by atoms with van der Waals surface area (Å²) in [6.07, 6.45) is 2.55. The molecule has 0 saturated carbocycles. The fraction of sp³-hybridized carbons (Fsp3) is 0.429. The number of nitrogens with one attached hydrogen (secondary N) is 1. The van der Waals surface area contributed by atoms with E-state index in [-0.39, 0.29) is 5.78 Å². The molecule has 0 bridgehead atoms. The molecule has 0 aromatic heterocycles. The van der Waals surface area contributed by atoms with Crippen molar-refractivity contribution in [2.75, 3.05) is 6.54 Å². The first-order valence-corrected chi connectivity index (χ1v) is 2.99. The van der Waals surface area contributed by atoms with E-state index in [9.17, 15) is 4.79 Å². The van der Waals surface area contributed by atoms with Crippen molar-refractivity contribution in [3.05, 3.63) is 18.2 Å². The molecule has 1 rings (SSSR count). The summed E-state index contributed by atoms with van der Waals surface area (Å²) in [5.41, 5.74) is 0.869. The van der Waals surface area contributed by atoms with Crippen molar-refractivity contribution in [2.24, 2.45) is 0 Å². The van der Waals surface area contributed by atoms with Crippen LogP contribution in [0.4, 0.5) is 0 Å². The van der Waals surface area contributed by atoms with Crippen molar-refractivity contribution < 1.29 is 4.79 Å². The van der Waals surface area contributed by atoms with Gasteiger partial charge in [-0.1, -0.05) is 6.08 Å². The Morgan fingerprint density at radius 1 is 1.89 bits per heavy atom. The van der Waals surface area contributed by atoms with E-state index in [1.54, 1.807) is 13.0 Å². The monoisotopic (exact) mass is 123 g/mol. The molecule has 1 heterocycles. The van der Waals surface area contributed by atoms with E-state index in [1.807, 2.05) is 0 Å². The van der Waals surface area contributed by atoms with Gasteiger partial charge in [-0.25, -0.2) is 0 Å². The molecule has 1 aliphatic heterocycles. The fourth-order valence-corrected chi connectivity index (χ4v) is 0.757. The Bertz CT molecular complexity index is 149. The minimum absolute atomic E-state index is 0.156. The molecule has 0 spiro atoms. The lowest BCUT2D eigenvalue weighted by Gasteiger charge is -2.08. The van der Waals surface area contributed by atoms with Crippen LogP contribution in [0.25, 0.3) is 0 Å². The molecule has 0 aromatic carbocycles. The molecule has 9 heavy (non-hydrogen) atoms. The smallest absolute Gasteiger partial charge is 0.155 e. The zero-order valence-corrected chi connectivity index (χ0v) is 5.40. The van der Waals surface area contributed by atoms with Crippen molar-refractivity contribution in [3.63, 3.8) is 0 Å². The molecule has 0 unspecified atom stereocenters. The van der Waals surface area contributed by atoms with E-state index in [0.717, 1.165) is 18.5 Å². The molecule has 0 saturated heterocycles. The molecule has 0 fully saturated rings. The predicted octanol–water partition coefficient (Wildman–Crippen LogP) is 0.534. The molecule has 2 nitrogen and oxygen atoms in total. The standard InChI is InChI=1S/C7H9NO/c1-6(9)7-2-4-8-5-3-7/h2,8H,3,5H2,1H3. The van der Waals surface area contributed by atoms with Crippen molar-refractivity contribution in [2.45, 2.75) is 13.3 Å². The average Bonchev–Trinajstić information content (AvgIpc) is 1.90. The predicted molar refractivity (Wildman–Crippen MR) is 34.6 cm³/mol. The molecule has 1 aliphatic rings. The lowest BCUT2D eigenvalue weighted by molar-refractivity contribution is -0.113. The molecule has 0 aliphatic carbocycles. The number of rotatable bonds is 1. The fourth-order valence-electron chi connectivity index (χ4n) is 0.757. The Morgan fingerprint density at radius 3 is 3.00 bits per heavy atom. The first kappa shape index (κ1) is 6.49. The molecule has 0 amide bonds. The normalized spacial score (nSPS) is 19.0. The van der Waals surface area contributed by atoms with Crippen LogP contribution in [0.1, 0.15) is 13.3 Å². The number of hydrogen-bond donors (Lipinski definition) is 1. The van der Waals surface area contributed by atoms with Crippen molar-refractivity contribution in [1.29, 1.82) is 0 Å². The minimum Gasteiger partial charge on any atom is -0.304 e. The van der Waals surface area contributed by atoms with E-state index >= 15 is 0 Å². The topological polar surface area (TPSA) is 29.1 Å². The number of carbonyl (C=O) groups excluding carboxylic acids is 1. The van der Waals surface area contributed by atoms with Gasteiger partial charge in [0.15, 0.2) is 5.78 Å². The summed E-state index contributed by atoms with van der Waals surface area (Å²) < 4.78 is 0. The van der Waals surface area contributed by atoms with Gasteiger partial charge < -0.3 is 5.32 Å². The summed E-state index contributed by atoms with van der Waals surface area (Å²) in [5.74, 6) is 0.156. The maximum Gasteiger partial charge on any atom is 0.155 e. The lowest BCUT2D eigenvalue weighted by atomic mass is 10.1. The van der Waals surface area contributed by atoms with Crippen molar-refractivity contribution in [1.82, 2.24) is 5.32 Å². The third-order valence-electron chi connectivity index (χ3n) is 1.32. The summed E-state index contributed by atoms with van der Waals surface area (Å²) in [4.78, 5) is 10.7. The molecule has 0 atom stereocenters. The van der Waals surface area contributed by atoms with Crippen LogP contribution in [0.3, 0.4) is 0 Å². The maximum atomic E-state index is 10.7. The third kappa shape index (κ3) is 1.64. The van der Waals surface area contributed by atoms with Gasteiger partial charge in [-0.2, -0.15) is 0 Å².